The quantitative estimate of drug-likeness (QED) is 0.586. The molecule has 0 aromatic heterocycles. The zero-order valence-corrected chi connectivity index (χ0v) is 8.41. The average Bonchev–Trinajstić information content (AvgIpc) is 1.97. The molecule has 0 bridgehead atoms. The number of nitrogens with zero attached hydrogens (tertiary/aromatic N) is 1. The maximum absolute atomic E-state index is 10.9. The molecule has 7 heteroatoms. The van der Waals surface area contributed by atoms with Crippen molar-refractivity contribution in [2.75, 3.05) is 19.8 Å². The summed E-state index contributed by atoms with van der Waals surface area (Å²) < 4.78 is 22.8. The van der Waals surface area contributed by atoms with Gasteiger partial charge in [-0.25, -0.2) is 12.7 Å². The Morgan fingerprint density at radius 2 is 2.08 bits per heavy atom. The van der Waals surface area contributed by atoms with Gasteiger partial charge in [0.15, 0.2) is 0 Å². The topological polar surface area (TPSA) is 101 Å². The van der Waals surface area contributed by atoms with E-state index in [9.17, 15) is 13.2 Å². The number of aliphatic carboxylic acids is 1. The molecule has 0 aromatic carbocycles. The van der Waals surface area contributed by atoms with Gasteiger partial charge in [-0.2, -0.15) is 0 Å². The summed E-state index contributed by atoms with van der Waals surface area (Å²) in [5.41, 5.74) is 5.19. The predicted octanol–water partition coefficient (Wildman–Crippen LogP) is -1.32. The average molecular weight is 210 g/mol. The maximum atomic E-state index is 10.9. The number of hydrogen-bond acceptors (Lipinski definition) is 4. The predicted molar refractivity (Wildman–Crippen MR) is 47.7 cm³/mol. The number of carboxylic acids is 1. The van der Waals surface area contributed by atoms with Crippen LogP contribution in [-0.4, -0.2) is 49.7 Å². The number of sulfonamides is 1. The van der Waals surface area contributed by atoms with Gasteiger partial charge in [0.05, 0.1) is 6.26 Å². The molecule has 13 heavy (non-hydrogen) atoms. The van der Waals surface area contributed by atoms with Gasteiger partial charge in [-0.05, 0) is 6.42 Å². The van der Waals surface area contributed by atoms with Crippen LogP contribution in [0.3, 0.4) is 0 Å². The highest BCUT2D eigenvalue weighted by Gasteiger charge is 2.15. The molecule has 0 aromatic rings. The molecule has 78 valence electrons. The van der Waals surface area contributed by atoms with Crippen molar-refractivity contribution in [1.82, 2.24) is 4.31 Å². The highest BCUT2D eigenvalue weighted by molar-refractivity contribution is 7.88. The number of carboxylic acid groups (broad SMARTS) is 1. The molecule has 0 spiro atoms. The van der Waals surface area contributed by atoms with Crippen molar-refractivity contribution in [2.24, 2.45) is 5.73 Å². The Bertz CT molecular complexity index is 274. The molecular formula is C6H14N2O4S. The van der Waals surface area contributed by atoms with Gasteiger partial charge in [0.2, 0.25) is 10.0 Å². The van der Waals surface area contributed by atoms with Crippen LogP contribution in [0.5, 0.6) is 0 Å². The van der Waals surface area contributed by atoms with Gasteiger partial charge in [-0.1, -0.05) is 0 Å². The van der Waals surface area contributed by atoms with Crippen molar-refractivity contribution in [2.45, 2.75) is 12.5 Å². The van der Waals surface area contributed by atoms with Crippen LogP contribution < -0.4 is 5.73 Å². The van der Waals surface area contributed by atoms with Crippen LogP contribution in [0.25, 0.3) is 0 Å². The minimum atomic E-state index is -3.24. The molecule has 0 amide bonds. The molecule has 6 nitrogen and oxygen atoms in total. The second-order valence-electron chi connectivity index (χ2n) is 2.82. The third-order valence-electron chi connectivity index (χ3n) is 1.64. The Hall–Kier alpha value is -0.660. The van der Waals surface area contributed by atoms with E-state index in [-0.39, 0.29) is 13.0 Å². The molecule has 3 N–H and O–H groups in total. The standard InChI is InChI=1S/C6H14N2O4S/c1-8(13(2,11)12)4-3-5(7)6(9)10/h5H,3-4,7H2,1-2H3,(H,9,10)/t5-/m1/s1. The summed E-state index contributed by atoms with van der Waals surface area (Å²) in [6, 6.07) is -1.01. The van der Waals surface area contributed by atoms with E-state index in [1.807, 2.05) is 0 Å². The maximum Gasteiger partial charge on any atom is 0.320 e. The van der Waals surface area contributed by atoms with Crippen molar-refractivity contribution in [1.29, 1.82) is 0 Å². The molecule has 0 aliphatic carbocycles. The summed E-state index contributed by atoms with van der Waals surface area (Å²) in [5, 5.41) is 8.40. The summed E-state index contributed by atoms with van der Waals surface area (Å²) in [4.78, 5) is 10.3. The Morgan fingerprint density at radius 1 is 1.62 bits per heavy atom. The summed E-state index contributed by atoms with van der Waals surface area (Å²) >= 11 is 0. The van der Waals surface area contributed by atoms with E-state index in [1.165, 1.54) is 7.05 Å². The van der Waals surface area contributed by atoms with E-state index in [2.05, 4.69) is 0 Å². The fourth-order valence-corrected chi connectivity index (χ4v) is 1.05. The summed E-state index contributed by atoms with van der Waals surface area (Å²) in [6.45, 7) is 0.117. The molecular weight excluding hydrogens is 196 g/mol. The minimum absolute atomic E-state index is 0.110. The third-order valence-corrected chi connectivity index (χ3v) is 2.95. The van der Waals surface area contributed by atoms with Crippen molar-refractivity contribution >= 4 is 16.0 Å². The lowest BCUT2D eigenvalue weighted by atomic mass is 10.2. The smallest absolute Gasteiger partial charge is 0.320 e. The van der Waals surface area contributed by atoms with Gasteiger partial charge in [0.25, 0.3) is 0 Å². The van der Waals surface area contributed by atoms with Crippen LogP contribution in [0.4, 0.5) is 0 Å². The first kappa shape index (κ1) is 12.3. The number of rotatable bonds is 5. The highest BCUT2D eigenvalue weighted by atomic mass is 32.2. The van der Waals surface area contributed by atoms with Gasteiger partial charge >= 0.3 is 5.97 Å². The monoisotopic (exact) mass is 210 g/mol. The Morgan fingerprint density at radius 3 is 2.38 bits per heavy atom. The second kappa shape index (κ2) is 4.54. The van der Waals surface area contributed by atoms with E-state index in [1.54, 1.807) is 0 Å². The van der Waals surface area contributed by atoms with Crippen molar-refractivity contribution in [3.8, 4) is 0 Å². The molecule has 0 fully saturated rings. The first-order valence-electron chi connectivity index (χ1n) is 3.65. The summed E-state index contributed by atoms with van der Waals surface area (Å²) in [7, 11) is -1.86. The lowest BCUT2D eigenvalue weighted by Gasteiger charge is -2.14. The van der Waals surface area contributed by atoms with Crippen molar-refractivity contribution in [3.05, 3.63) is 0 Å². The Balaban J connectivity index is 3.98. The fourth-order valence-electron chi connectivity index (χ4n) is 0.610. The first-order valence-corrected chi connectivity index (χ1v) is 5.49. The summed E-state index contributed by atoms with van der Waals surface area (Å²) in [6.07, 6.45) is 1.16. The fraction of sp³-hybridized carbons (Fsp3) is 0.833. The van der Waals surface area contributed by atoms with Gasteiger partial charge in [0.1, 0.15) is 6.04 Å². The van der Waals surface area contributed by atoms with Crippen LogP contribution in [-0.2, 0) is 14.8 Å². The first-order chi connectivity index (χ1) is 5.75. The largest absolute Gasteiger partial charge is 0.480 e. The minimum Gasteiger partial charge on any atom is -0.480 e. The third kappa shape index (κ3) is 4.81. The van der Waals surface area contributed by atoms with Crippen molar-refractivity contribution < 1.29 is 18.3 Å². The molecule has 0 radical (unpaired) electrons. The molecule has 0 aliphatic rings. The summed E-state index contributed by atoms with van der Waals surface area (Å²) in [5.74, 6) is -1.12. The van der Waals surface area contributed by atoms with Gasteiger partial charge in [-0.3, -0.25) is 4.79 Å². The number of carbonyl (C=O) groups is 1. The molecule has 0 saturated heterocycles. The molecule has 0 aliphatic heterocycles. The SMILES string of the molecule is CN(CC[C@@H](N)C(=O)O)S(C)(=O)=O. The van der Waals surface area contributed by atoms with Crippen LogP contribution in [0.15, 0.2) is 0 Å². The van der Waals surface area contributed by atoms with Gasteiger partial charge in [-0.15, -0.1) is 0 Å². The Labute approximate surface area is 77.4 Å². The number of nitrogens with two attached hydrogens (primary N) is 1. The van der Waals surface area contributed by atoms with Gasteiger partial charge < -0.3 is 10.8 Å². The van der Waals surface area contributed by atoms with E-state index in [0.717, 1.165) is 10.6 Å². The van der Waals surface area contributed by atoms with Gasteiger partial charge in [0, 0.05) is 13.6 Å². The molecule has 0 heterocycles. The van der Waals surface area contributed by atoms with Crippen LogP contribution >= 0.6 is 0 Å². The van der Waals surface area contributed by atoms with E-state index >= 15 is 0 Å². The second-order valence-corrected chi connectivity index (χ2v) is 4.91. The zero-order valence-electron chi connectivity index (χ0n) is 7.60. The molecule has 0 saturated carbocycles. The van der Waals surface area contributed by atoms with E-state index < -0.39 is 22.0 Å². The van der Waals surface area contributed by atoms with Crippen molar-refractivity contribution in [3.63, 3.8) is 0 Å². The Kier molecular flexibility index (Phi) is 4.31. The van der Waals surface area contributed by atoms with Crippen LogP contribution in [0.2, 0.25) is 0 Å². The highest BCUT2D eigenvalue weighted by Crippen LogP contribution is 1.97. The molecule has 0 unspecified atom stereocenters. The molecule has 0 rings (SSSR count). The zero-order chi connectivity index (χ0) is 10.6. The molecule has 1 atom stereocenters. The normalized spacial score (nSPS) is 14.5. The van der Waals surface area contributed by atoms with Crippen LogP contribution in [0.1, 0.15) is 6.42 Å². The number of hydrogen-bond donors (Lipinski definition) is 2. The van der Waals surface area contributed by atoms with Crippen LogP contribution in [0, 0.1) is 0 Å². The lowest BCUT2D eigenvalue weighted by Crippen LogP contribution is -2.36. The van der Waals surface area contributed by atoms with E-state index in [0.29, 0.717) is 0 Å². The lowest BCUT2D eigenvalue weighted by molar-refractivity contribution is -0.138. The van der Waals surface area contributed by atoms with E-state index in [4.69, 9.17) is 10.8 Å².